The van der Waals surface area contributed by atoms with Gasteiger partial charge in [0, 0.05) is 0 Å². The number of hydrogen-bond donors (Lipinski definition) is 2. The largest absolute Gasteiger partial charge is 0.480 e. The molecule has 3 nitrogen and oxygen atoms in total. The van der Waals surface area contributed by atoms with Gasteiger partial charge in [-0.1, -0.05) is 33.5 Å². The molecule has 4 heteroatoms. The molecule has 1 aliphatic carbocycles. The molecule has 2 atom stereocenters. The molecule has 0 spiro atoms. The first-order valence-electron chi connectivity index (χ1n) is 4.58. The molecule has 0 radical (unpaired) electrons. The van der Waals surface area contributed by atoms with Gasteiger partial charge in [0.05, 0.1) is 8.07 Å². The van der Waals surface area contributed by atoms with Crippen molar-refractivity contribution in [3.63, 3.8) is 0 Å². The van der Waals surface area contributed by atoms with Gasteiger partial charge in [0.15, 0.2) is 0 Å². The van der Waals surface area contributed by atoms with Crippen molar-refractivity contribution in [3.05, 3.63) is 0 Å². The van der Waals surface area contributed by atoms with Gasteiger partial charge in [-0.05, 0) is 11.0 Å². The summed E-state index contributed by atoms with van der Waals surface area (Å²) in [5, 5.41) is 9.08. The van der Waals surface area contributed by atoms with E-state index in [1.165, 1.54) is 0 Å². The molecule has 0 aromatic heterocycles. The summed E-state index contributed by atoms with van der Waals surface area (Å²) in [7, 11) is -1.46. The van der Waals surface area contributed by atoms with Crippen molar-refractivity contribution in [2.45, 2.75) is 44.6 Å². The first-order chi connectivity index (χ1) is 5.56. The predicted octanol–water partition coefficient (Wildman–Crippen LogP) is 1.52. The zero-order valence-electron chi connectivity index (χ0n) is 9.01. The number of carbonyl (C=O) groups is 1. The minimum absolute atomic E-state index is 0.185. The fourth-order valence-electron chi connectivity index (χ4n) is 2.96. The summed E-state index contributed by atoms with van der Waals surface area (Å²) in [6.07, 6.45) is 0. The molecule has 0 aromatic rings. The second-order valence-corrected chi connectivity index (χ2v) is 11.0. The highest BCUT2D eigenvalue weighted by molar-refractivity contribution is 6.79. The maximum atomic E-state index is 11.1. The Morgan fingerprint density at radius 1 is 1.38 bits per heavy atom. The molecule has 2 unspecified atom stereocenters. The smallest absolute Gasteiger partial charge is 0.324 e. The van der Waals surface area contributed by atoms with Crippen LogP contribution >= 0.6 is 0 Å². The van der Waals surface area contributed by atoms with E-state index in [2.05, 4.69) is 19.6 Å². The van der Waals surface area contributed by atoms with Crippen molar-refractivity contribution in [3.8, 4) is 0 Å². The highest BCUT2D eigenvalue weighted by Gasteiger charge is 2.77. The van der Waals surface area contributed by atoms with Crippen LogP contribution in [0.3, 0.4) is 0 Å². The van der Waals surface area contributed by atoms with E-state index in [9.17, 15) is 4.79 Å². The SMILES string of the molecule is CC1(C)C([Si](C)(C)C)C1(N)C(=O)O. The second-order valence-electron chi connectivity index (χ2n) is 5.69. The van der Waals surface area contributed by atoms with Gasteiger partial charge in [-0.2, -0.15) is 0 Å². The lowest BCUT2D eigenvalue weighted by Crippen LogP contribution is -2.41. The number of hydrogen-bond acceptors (Lipinski definition) is 2. The van der Waals surface area contributed by atoms with Crippen LogP contribution in [0.15, 0.2) is 0 Å². The maximum Gasteiger partial charge on any atom is 0.324 e. The van der Waals surface area contributed by atoms with Crippen LogP contribution in [-0.2, 0) is 4.79 Å². The molecular weight excluding hydrogens is 182 g/mol. The van der Waals surface area contributed by atoms with Gasteiger partial charge in [-0.15, -0.1) is 0 Å². The van der Waals surface area contributed by atoms with E-state index in [1.54, 1.807) is 0 Å². The van der Waals surface area contributed by atoms with E-state index < -0.39 is 19.6 Å². The topological polar surface area (TPSA) is 63.3 Å². The van der Waals surface area contributed by atoms with Crippen LogP contribution in [-0.4, -0.2) is 24.7 Å². The third-order valence-electron chi connectivity index (χ3n) is 3.38. The number of aliphatic carboxylic acids is 1. The number of carboxylic acids is 1. The molecular formula is C9H19NO2Si. The Kier molecular flexibility index (Phi) is 1.95. The Bertz CT molecular complexity index is 257. The Labute approximate surface area is 80.3 Å². The highest BCUT2D eigenvalue weighted by Crippen LogP contribution is 2.68. The summed E-state index contributed by atoms with van der Waals surface area (Å²) in [5.74, 6) is -0.843. The molecule has 13 heavy (non-hydrogen) atoms. The summed E-state index contributed by atoms with van der Waals surface area (Å²) in [6.45, 7) is 10.5. The Hall–Kier alpha value is -0.353. The van der Waals surface area contributed by atoms with Gasteiger partial charge in [-0.25, -0.2) is 0 Å². The van der Waals surface area contributed by atoms with Crippen molar-refractivity contribution >= 4 is 14.0 Å². The Balaban J connectivity index is 3.02. The number of nitrogens with two attached hydrogens (primary N) is 1. The van der Waals surface area contributed by atoms with E-state index in [4.69, 9.17) is 10.8 Å². The average Bonchev–Trinajstić information content (AvgIpc) is 2.26. The molecule has 1 rings (SSSR count). The van der Waals surface area contributed by atoms with E-state index >= 15 is 0 Å². The molecule has 76 valence electrons. The lowest BCUT2D eigenvalue weighted by atomic mass is 10.1. The fraction of sp³-hybridized carbons (Fsp3) is 0.889. The summed E-state index contributed by atoms with van der Waals surface area (Å²) in [4.78, 5) is 11.1. The van der Waals surface area contributed by atoms with E-state index in [1.807, 2.05) is 13.8 Å². The molecule has 1 saturated carbocycles. The Morgan fingerprint density at radius 2 is 1.77 bits per heavy atom. The van der Waals surface area contributed by atoms with Crippen molar-refractivity contribution in [2.24, 2.45) is 11.1 Å². The van der Waals surface area contributed by atoms with Crippen LogP contribution in [0, 0.1) is 5.41 Å². The molecule has 1 aliphatic rings. The molecule has 0 bridgehead atoms. The highest BCUT2D eigenvalue weighted by atomic mass is 28.3. The molecule has 0 aliphatic heterocycles. The lowest BCUT2D eigenvalue weighted by molar-refractivity contribution is -0.140. The summed E-state index contributed by atoms with van der Waals surface area (Å²) in [6, 6.07) is 0. The van der Waals surface area contributed by atoms with Gasteiger partial charge >= 0.3 is 5.97 Å². The quantitative estimate of drug-likeness (QED) is 0.666. The average molecular weight is 201 g/mol. The molecule has 0 aromatic carbocycles. The van der Waals surface area contributed by atoms with E-state index in [0.29, 0.717) is 0 Å². The molecule has 1 fully saturated rings. The van der Waals surface area contributed by atoms with Crippen LogP contribution in [0.25, 0.3) is 0 Å². The lowest BCUT2D eigenvalue weighted by Gasteiger charge is -2.17. The zero-order chi connectivity index (χ0) is 10.7. The maximum absolute atomic E-state index is 11.1. The van der Waals surface area contributed by atoms with Crippen molar-refractivity contribution < 1.29 is 9.90 Å². The normalized spacial score (nSPS) is 37.2. The second kappa shape index (κ2) is 2.36. The first-order valence-corrected chi connectivity index (χ1v) is 8.16. The van der Waals surface area contributed by atoms with Gasteiger partial charge in [0.25, 0.3) is 0 Å². The minimum atomic E-state index is -1.46. The summed E-state index contributed by atoms with van der Waals surface area (Å²) < 4.78 is 0. The fourth-order valence-corrected chi connectivity index (χ4v) is 7.14. The van der Waals surface area contributed by atoms with Crippen molar-refractivity contribution in [1.29, 1.82) is 0 Å². The molecule has 0 amide bonds. The third kappa shape index (κ3) is 1.15. The van der Waals surface area contributed by atoms with E-state index in [-0.39, 0.29) is 11.0 Å². The van der Waals surface area contributed by atoms with Crippen LogP contribution in [0.4, 0.5) is 0 Å². The van der Waals surface area contributed by atoms with Crippen LogP contribution in [0.5, 0.6) is 0 Å². The monoisotopic (exact) mass is 201 g/mol. The van der Waals surface area contributed by atoms with Gasteiger partial charge in [0.2, 0.25) is 0 Å². The zero-order valence-corrected chi connectivity index (χ0v) is 10.0. The van der Waals surface area contributed by atoms with Crippen LogP contribution in [0.1, 0.15) is 13.8 Å². The predicted molar refractivity (Wildman–Crippen MR) is 55.4 cm³/mol. The Morgan fingerprint density at radius 3 is 1.85 bits per heavy atom. The third-order valence-corrected chi connectivity index (χ3v) is 6.29. The minimum Gasteiger partial charge on any atom is -0.480 e. The van der Waals surface area contributed by atoms with Crippen LogP contribution in [0.2, 0.25) is 25.2 Å². The van der Waals surface area contributed by atoms with Gasteiger partial charge < -0.3 is 10.8 Å². The molecule has 0 heterocycles. The standard InChI is InChI=1S/C9H19NO2Si/c1-8(2)6(13(3,4)5)9(8,10)7(11)12/h6H,10H2,1-5H3,(H,11,12). The van der Waals surface area contributed by atoms with E-state index in [0.717, 1.165) is 0 Å². The first kappa shape index (κ1) is 10.7. The summed E-state index contributed by atoms with van der Waals surface area (Å²) in [5.41, 5.74) is 4.91. The summed E-state index contributed by atoms with van der Waals surface area (Å²) >= 11 is 0. The molecule has 0 saturated heterocycles. The van der Waals surface area contributed by atoms with Crippen LogP contribution < -0.4 is 5.73 Å². The number of carboxylic acid groups (broad SMARTS) is 1. The number of rotatable bonds is 2. The van der Waals surface area contributed by atoms with Gasteiger partial charge in [-0.3, -0.25) is 4.79 Å². The molecule has 3 N–H and O–H groups in total. The van der Waals surface area contributed by atoms with Crippen molar-refractivity contribution in [1.82, 2.24) is 0 Å². The van der Waals surface area contributed by atoms with Crippen molar-refractivity contribution in [2.75, 3.05) is 0 Å². The van der Waals surface area contributed by atoms with Gasteiger partial charge in [0.1, 0.15) is 5.54 Å².